The molecule has 0 atom stereocenters. The van der Waals surface area contributed by atoms with Crippen molar-refractivity contribution in [3.63, 3.8) is 0 Å². The fourth-order valence-electron chi connectivity index (χ4n) is 1.63. The molecule has 1 N–H and O–H groups in total. The van der Waals surface area contributed by atoms with Crippen molar-refractivity contribution >= 4 is 21.9 Å². The molecule has 0 aliphatic heterocycles. The summed E-state index contributed by atoms with van der Waals surface area (Å²) in [6.07, 6.45) is 0.457. The Labute approximate surface area is 110 Å². The predicted molar refractivity (Wildman–Crippen MR) is 65.4 cm³/mol. The number of aromatic carboxylic acids is 1. The Morgan fingerprint density at radius 3 is 2.83 bits per heavy atom. The lowest BCUT2D eigenvalue weighted by Gasteiger charge is -2.07. The molecule has 94 valence electrons. The number of rotatable bonds is 3. The monoisotopic (exact) mass is 313 g/mol. The standard InChI is InChI=1S/C11H9BrFN3O2/c1-2-8-10(11(17)18)14-15-16(8)9-4-3-6(13)5-7(9)12/h3-5H,2H2,1H3,(H,17,18). The van der Waals surface area contributed by atoms with E-state index in [4.69, 9.17) is 5.11 Å². The van der Waals surface area contributed by atoms with Gasteiger partial charge < -0.3 is 5.11 Å². The summed E-state index contributed by atoms with van der Waals surface area (Å²) in [7, 11) is 0. The number of hydrogen-bond acceptors (Lipinski definition) is 3. The minimum Gasteiger partial charge on any atom is -0.476 e. The quantitative estimate of drug-likeness (QED) is 0.945. The molecule has 0 aliphatic rings. The number of halogens is 2. The van der Waals surface area contributed by atoms with Gasteiger partial charge in [0.15, 0.2) is 5.69 Å². The van der Waals surface area contributed by atoms with Gasteiger partial charge in [-0.3, -0.25) is 0 Å². The summed E-state index contributed by atoms with van der Waals surface area (Å²) < 4.78 is 14.9. The van der Waals surface area contributed by atoms with Crippen LogP contribution in [-0.2, 0) is 6.42 Å². The van der Waals surface area contributed by atoms with Gasteiger partial charge in [-0.1, -0.05) is 12.1 Å². The topological polar surface area (TPSA) is 68.0 Å². The summed E-state index contributed by atoms with van der Waals surface area (Å²) in [5.74, 6) is -1.52. The van der Waals surface area contributed by atoms with Crippen LogP contribution in [0.2, 0.25) is 0 Å². The number of nitrogens with zero attached hydrogens (tertiary/aromatic N) is 3. The van der Waals surface area contributed by atoms with Gasteiger partial charge in [-0.15, -0.1) is 5.10 Å². The molecule has 1 aromatic heterocycles. The van der Waals surface area contributed by atoms with Crippen molar-refractivity contribution in [2.75, 3.05) is 0 Å². The lowest BCUT2D eigenvalue weighted by atomic mass is 10.2. The lowest BCUT2D eigenvalue weighted by molar-refractivity contribution is 0.0689. The van der Waals surface area contributed by atoms with Crippen LogP contribution in [0.1, 0.15) is 23.1 Å². The molecule has 2 rings (SSSR count). The molecule has 0 saturated heterocycles. The average molecular weight is 314 g/mol. The highest BCUT2D eigenvalue weighted by atomic mass is 79.9. The highest BCUT2D eigenvalue weighted by Gasteiger charge is 2.19. The third-order valence-corrected chi connectivity index (χ3v) is 3.07. The molecule has 0 saturated carbocycles. The van der Waals surface area contributed by atoms with E-state index in [0.717, 1.165) is 0 Å². The van der Waals surface area contributed by atoms with E-state index in [0.29, 0.717) is 22.3 Å². The van der Waals surface area contributed by atoms with Gasteiger partial charge in [-0.05, 0) is 40.5 Å². The van der Waals surface area contributed by atoms with Crippen LogP contribution in [0.25, 0.3) is 5.69 Å². The maximum atomic E-state index is 13.0. The van der Waals surface area contributed by atoms with Crippen LogP contribution in [0.15, 0.2) is 22.7 Å². The zero-order valence-corrected chi connectivity index (χ0v) is 11.0. The van der Waals surface area contributed by atoms with Gasteiger partial charge in [0, 0.05) is 4.47 Å². The number of carboxylic acid groups (broad SMARTS) is 1. The van der Waals surface area contributed by atoms with Gasteiger partial charge in [0.25, 0.3) is 0 Å². The number of benzene rings is 1. The van der Waals surface area contributed by atoms with E-state index in [2.05, 4.69) is 26.2 Å². The van der Waals surface area contributed by atoms with Crippen LogP contribution in [0, 0.1) is 5.82 Å². The normalized spacial score (nSPS) is 10.6. The second-order valence-corrected chi connectivity index (χ2v) is 4.41. The van der Waals surface area contributed by atoms with Crippen molar-refractivity contribution in [1.82, 2.24) is 15.0 Å². The predicted octanol–water partition coefficient (Wildman–Crippen LogP) is 2.43. The van der Waals surface area contributed by atoms with Crippen molar-refractivity contribution in [1.29, 1.82) is 0 Å². The molecule has 0 spiro atoms. The first-order chi connectivity index (χ1) is 8.54. The van der Waals surface area contributed by atoms with E-state index < -0.39 is 5.97 Å². The largest absolute Gasteiger partial charge is 0.476 e. The Balaban J connectivity index is 2.60. The van der Waals surface area contributed by atoms with Gasteiger partial charge >= 0.3 is 5.97 Å². The van der Waals surface area contributed by atoms with E-state index in [1.807, 2.05) is 0 Å². The number of carbonyl (C=O) groups is 1. The molecule has 7 heteroatoms. The molecule has 0 unspecified atom stereocenters. The smallest absolute Gasteiger partial charge is 0.358 e. The summed E-state index contributed by atoms with van der Waals surface area (Å²) >= 11 is 3.22. The first kappa shape index (κ1) is 12.7. The number of hydrogen-bond donors (Lipinski definition) is 1. The Morgan fingerprint density at radius 2 is 2.28 bits per heavy atom. The van der Waals surface area contributed by atoms with E-state index in [9.17, 15) is 9.18 Å². The maximum absolute atomic E-state index is 13.0. The Kier molecular flexibility index (Phi) is 3.42. The molecule has 1 aromatic carbocycles. The van der Waals surface area contributed by atoms with Gasteiger partial charge in [-0.25, -0.2) is 13.9 Å². The van der Waals surface area contributed by atoms with Crippen LogP contribution < -0.4 is 0 Å². The molecule has 0 bridgehead atoms. The molecule has 0 radical (unpaired) electrons. The summed E-state index contributed by atoms with van der Waals surface area (Å²) in [5.41, 5.74) is 0.928. The molecule has 0 aliphatic carbocycles. The molecule has 0 fully saturated rings. The summed E-state index contributed by atoms with van der Waals surface area (Å²) in [4.78, 5) is 11.0. The minimum atomic E-state index is -1.13. The third-order valence-electron chi connectivity index (χ3n) is 2.44. The van der Waals surface area contributed by atoms with E-state index >= 15 is 0 Å². The van der Waals surface area contributed by atoms with E-state index in [1.54, 1.807) is 6.92 Å². The summed E-state index contributed by atoms with van der Waals surface area (Å²) in [6, 6.07) is 4.08. The van der Waals surface area contributed by atoms with Gasteiger partial charge in [0.05, 0.1) is 11.4 Å². The molecule has 1 heterocycles. The highest BCUT2D eigenvalue weighted by molar-refractivity contribution is 9.10. The molecule has 2 aromatic rings. The lowest BCUT2D eigenvalue weighted by Crippen LogP contribution is -2.06. The molecular weight excluding hydrogens is 305 g/mol. The highest BCUT2D eigenvalue weighted by Crippen LogP contribution is 2.23. The first-order valence-corrected chi connectivity index (χ1v) is 5.97. The van der Waals surface area contributed by atoms with Crippen molar-refractivity contribution in [3.05, 3.63) is 39.9 Å². The van der Waals surface area contributed by atoms with Crippen LogP contribution in [0.4, 0.5) is 4.39 Å². The first-order valence-electron chi connectivity index (χ1n) is 5.18. The van der Waals surface area contributed by atoms with E-state index in [1.165, 1.54) is 22.9 Å². The third kappa shape index (κ3) is 2.13. The van der Waals surface area contributed by atoms with Gasteiger partial charge in [-0.2, -0.15) is 0 Å². The summed E-state index contributed by atoms with van der Waals surface area (Å²) in [6.45, 7) is 1.80. The number of aromatic nitrogens is 3. The second kappa shape index (κ2) is 4.85. The van der Waals surface area contributed by atoms with Crippen LogP contribution in [0.5, 0.6) is 0 Å². The van der Waals surface area contributed by atoms with Crippen molar-refractivity contribution in [2.24, 2.45) is 0 Å². The van der Waals surface area contributed by atoms with E-state index in [-0.39, 0.29) is 11.5 Å². The van der Waals surface area contributed by atoms with Gasteiger partial charge in [0.1, 0.15) is 5.82 Å². The maximum Gasteiger partial charge on any atom is 0.358 e. The molecule has 0 amide bonds. The SMILES string of the molecule is CCc1c(C(=O)O)nnn1-c1ccc(F)cc1Br. The van der Waals surface area contributed by atoms with Gasteiger partial charge in [0.2, 0.25) is 0 Å². The Bertz CT molecular complexity index is 612. The van der Waals surface area contributed by atoms with Crippen molar-refractivity contribution in [2.45, 2.75) is 13.3 Å². The minimum absolute atomic E-state index is 0.0891. The van der Waals surface area contributed by atoms with Crippen LogP contribution in [-0.4, -0.2) is 26.1 Å². The average Bonchev–Trinajstić information content (AvgIpc) is 2.72. The summed E-state index contributed by atoms with van der Waals surface area (Å²) in [5, 5.41) is 16.4. The Morgan fingerprint density at radius 1 is 1.56 bits per heavy atom. The second-order valence-electron chi connectivity index (χ2n) is 3.55. The fourth-order valence-corrected chi connectivity index (χ4v) is 2.15. The van der Waals surface area contributed by atoms with Crippen LogP contribution >= 0.6 is 15.9 Å². The number of carboxylic acids is 1. The Hall–Kier alpha value is -1.76. The molecule has 18 heavy (non-hydrogen) atoms. The van der Waals surface area contributed by atoms with Crippen molar-refractivity contribution in [3.8, 4) is 5.69 Å². The van der Waals surface area contributed by atoms with Crippen LogP contribution in [0.3, 0.4) is 0 Å². The zero-order chi connectivity index (χ0) is 13.3. The van der Waals surface area contributed by atoms with Crippen molar-refractivity contribution < 1.29 is 14.3 Å². The molecular formula is C11H9BrFN3O2. The zero-order valence-electron chi connectivity index (χ0n) is 9.39. The molecule has 5 nitrogen and oxygen atoms in total. The fraction of sp³-hybridized carbons (Fsp3) is 0.182.